The van der Waals surface area contributed by atoms with Gasteiger partial charge in [0.15, 0.2) is 0 Å². The molecule has 4 nitrogen and oxygen atoms in total. The number of piperidine rings is 1. The van der Waals surface area contributed by atoms with Crippen LogP contribution in [0.25, 0.3) is 0 Å². The second-order valence-electron chi connectivity index (χ2n) is 6.62. The highest BCUT2D eigenvalue weighted by Crippen LogP contribution is 2.30. The fourth-order valence-electron chi connectivity index (χ4n) is 3.23. The Hall–Kier alpha value is -1.08. The molecule has 2 rings (SSSR count). The Balaban J connectivity index is 1.89. The zero-order valence-corrected chi connectivity index (χ0v) is 12.9. The van der Waals surface area contributed by atoms with Crippen molar-refractivity contribution in [3.05, 3.63) is 0 Å². The Bertz CT molecular complexity index is 372. The number of nitrogens with zero attached hydrogens (tertiary/aromatic N) is 3. The molecule has 0 aromatic carbocycles. The molecule has 0 radical (unpaired) electrons. The van der Waals surface area contributed by atoms with Gasteiger partial charge in [-0.3, -0.25) is 9.69 Å². The summed E-state index contributed by atoms with van der Waals surface area (Å²) in [6, 6.07) is 2.39. The number of hydrogen-bond acceptors (Lipinski definition) is 3. The molecule has 2 saturated heterocycles. The smallest absolute Gasteiger partial charge is 0.239 e. The van der Waals surface area contributed by atoms with Crippen LogP contribution in [0.3, 0.4) is 0 Å². The Kier molecular flexibility index (Phi) is 5.04. The third-order valence-corrected chi connectivity index (χ3v) is 4.99. The zero-order chi connectivity index (χ0) is 14.6. The molecular weight excluding hydrogens is 250 g/mol. The Morgan fingerprint density at radius 2 is 1.65 bits per heavy atom. The van der Waals surface area contributed by atoms with Crippen LogP contribution in [0.4, 0.5) is 0 Å². The van der Waals surface area contributed by atoms with E-state index in [1.165, 1.54) is 12.8 Å². The summed E-state index contributed by atoms with van der Waals surface area (Å²) in [7, 11) is 0. The summed E-state index contributed by atoms with van der Waals surface area (Å²) in [5.41, 5.74) is -0.193. The van der Waals surface area contributed by atoms with E-state index in [-0.39, 0.29) is 17.4 Å². The lowest BCUT2D eigenvalue weighted by atomic mass is 9.81. The van der Waals surface area contributed by atoms with E-state index in [1.54, 1.807) is 0 Å². The number of likely N-dealkylation sites (tertiary alicyclic amines) is 2. The number of hydrogen-bond donors (Lipinski definition) is 0. The molecule has 0 aromatic heterocycles. The van der Waals surface area contributed by atoms with Crippen molar-refractivity contribution in [2.75, 3.05) is 26.2 Å². The fraction of sp³-hybridized carbons (Fsp3) is 0.875. The molecule has 0 N–H and O–H groups in total. The lowest BCUT2D eigenvalue weighted by molar-refractivity contribution is -0.137. The number of carbonyl (C=O) groups excluding carboxylic acids is 1. The van der Waals surface area contributed by atoms with E-state index in [2.05, 4.69) is 15.9 Å². The molecule has 1 amide bonds. The van der Waals surface area contributed by atoms with Crippen molar-refractivity contribution in [3.63, 3.8) is 0 Å². The Morgan fingerprint density at radius 3 is 2.15 bits per heavy atom. The molecule has 20 heavy (non-hydrogen) atoms. The van der Waals surface area contributed by atoms with Crippen LogP contribution in [0, 0.1) is 16.7 Å². The molecule has 0 aromatic rings. The van der Waals surface area contributed by atoms with Gasteiger partial charge >= 0.3 is 0 Å². The first-order chi connectivity index (χ1) is 9.56. The van der Waals surface area contributed by atoms with E-state index < -0.39 is 0 Å². The van der Waals surface area contributed by atoms with Crippen molar-refractivity contribution in [1.82, 2.24) is 9.80 Å². The monoisotopic (exact) mass is 277 g/mol. The number of rotatable bonds is 2. The summed E-state index contributed by atoms with van der Waals surface area (Å²) in [5, 5.41) is 9.18. The molecule has 1 atom stereocenters. The van der Waals surface area contributed by atoms with Crippen molar-refractivity contribution in [2.45, 2.75) is 58.4 Å². The third kappa shape index (κ3) is 3.52. The molecule has 0 bridgehead atoms. The molecule has 2 aliphatic rings. The molecule has 0 aliphatic carbocycles. The minimum Gasteiger partial charge on any atom is -0.341 e. The standard InChI is InChI=1S/C16H27N3O/c1-14(15(20)19-9-5-3-4-6-10-19)18-11-7-16(2,13-17)8-12-18/h14H,3-12H2,1-2H3. The number of carbonyl (C=O) groups is 1. The molecule has 2 aliphatic heterocycles. The maximum absolute atomic E-state index is 12.6. The van der Waals surface area contributed by atoms with E-state index in [4.69, 9.17) is 0 Å². The van der Waals surface area contributed by atoms with Gasteiger partial charge in [-0.1, -0.05) is 12.8 Å². The summed E-state index contributed by atoms with van der Waals surface area (Å²) < 4.78 is 0. The van der Waals surface area contributed by atoms with Gasteiger partial charge in [-0.05, 0) is 39.5 Å². The highest BCUT2D eigenvalue weighted by molar-refractivity contribution is 5.81. The van der Waals surface area contributed by atoms with Gasteiger partial charge in [-0.25, -0.2) is 0 Å². The molecule has 0 spiro atoms. The average Bonchev–Trinajstić information content (AvgIpc) is 2.75. The fourth-order valence-corrected chi connectivity index (χ4v) is 3.23. The molecule has 2 heterocycles. The van der Waals surface area contributed by atoms with Gasteiger partial charge in [0.25, 0.3) is 0 Å². The molecule has 1 unspecified atom stereocenters. The molecule has 112 valence electrons. The highest BCUT2D eigenvalue weighted by Gasteiger charge is 2.34. The van der Waals surface area contributed by atoms with Crippen LogP contribution < -0.4 is 0 Å². The van der Waals surface area contributed by atoms with Crippen molar-refractivity contribution >= 4 is 5.91 Å². The lowest BCUT2D eigenvalue weighted by Crippen LogP contribution is -2.51. The van der Waals surface area contributed by atoms with Gasteiger partial charge in [0, 0.05) is 26.2 Å². The predicted octanol–water partition coefficient (Wildman–Crippen LogP) is 2.40. The third-order valence-electron chi connectivity index (χ3n) is 4.99. The SMILES string of the molecule is CC(C(=O)N1CCCCCC1)N1CCC(C)(C#N)CC1. The molecule has 4 heteroatoms. The molecule has 2 fully saturated rings. The van der Waals surface area contributed by atoms with Crippen molar-refractivity contribution in [2.24, 2.45) is 5.41 Å². The Morgan fingerprint density at radius 1 is 1.10 bits per heavy atom. The second kappa shape index (κ2) is 6.58. The highest BCUT2D eigenvalue weighted by atomic mass is 16.2. The van der Waals surface area contributed by atoms with Crippen LogP contribution in [0.1, 0.15) is 52.4 Å². The van der Waals surface area contributed by atoms with Gasteiger partial charge in [0.1, 0.15) is 0 Å². The number of amides is 1. The summed E-state index contributed by atoms with van der Waals surface area (Å²) in [5.74, 6) is 0.285. The van der Waals surface area contributed by atoms with Gasteiger partial charge in [0.2, 0.25) is 5.91 Å². The van der Waals surface area contributed by atoms with E-state index in [1.807, 2.05) is 13.8 Å². The first-order valence-corrected chi connectivity index (χ1v) is 8.00. The van der Waals surface area contributed by atoms with E-state index in [0.29, 0.717) is 0 Å². The Labute approximate surface area is 122 Å². The molecule has 0 saturated carbocycles. The van der Waals surface area contributed by atoms with E-state index >= 15 is 0 Å². The largest absolute Gasteiger partial charge is 0.341 e. The summed E-state index contributed by atoms with van der Waals surface area (Å²) in [6.45, 7) is 7.64. The quantitative estimate of drug-likeness (QED) is 0.778. The number of nitriles is 1. The second-order valence-corrected chi connectivity index (χ2v) is 6.62. The first-order valence-electron chi connectivity index (χ1n) is 8.00. The van der Waals surface area contributed by atoms with Crippen LogP contribution in [-0.2, 0) is 4.79 Å². The van der Waals surface area contributed by atoms with E-state index in [0.717, 1.165) is 51.9 Å². The van der Waals surface area contributed by atoms with Gasteiger partial charge in [0.05, 0.1) is 17.5 Å². The van der Waals surface area contributed by atoms with Crippen molar-refractivity contribution in [3.8, 4) is 6.07 Å². The van der Waals surface area contributed by atoms with Crippen LogP contribution in [-0.4, -0.2) is 47.9 Å². The van der Waals surface area contributed by atoms with Crippen molar-refractivity contribution < 1.29 is 4.79 Å². The van der Waals surface area contributed by atoms with Crippen LogP contribution in [0.5, 0.6) is 0 Å². The van der Waals surface area contributed by atoms with Gasteiger partial charge < -0.3 is 4.90 Å². The normalized spacial score (nSPS) is 25.6. The summed E-state index contributed by atoms with van der Waals surface area (Å²) >= 11 is 0. The summed E-state index contributed by atoms with van der Waals surface area (Å²) in [4.78, 5) is 16.9. The maximum atomic E-state index is 12.6. The van der Waals surface area contributed by atoms with E-state index in [9.17, 15) is 10.1 Å². The van der Waals surface area contributed by atoms with Crippen LogP contribution in [0.2, 0.25) is 0 Å². The first kappa shape index (κ1) is 15.3. The van der Waals surface area contributed by atoms with Crippen molar-refractivity contribution in [1.29, 1.82) is 5.26 Å². The zero-order valence-electron chi connectivity index (χ0n) is 12.9. The average molecular weight is 277 g/mol. The predicted molar refractivity (Wildman–Crippen MR) is 79.0 cm³/mol. The van der Waals surface area contributed by atoms with Crippen LogP contribution >= 0.6 is 0 Å². The topological polar surface area (TPSA) is 47.3 Å². The van der Waals surface area contributed by atoms with Gasteiger partial charge in [-0.2, -0.15) is 5.26 Å². The maximum Gasteiger partial charge on any atom is 0.239 e. The van der Waals surface area contributed by atoms with Gasteiger partial charge in [-0.15, -0.1) is 0 Å². The lowest BCUT2D eigenvalue weighted by Gasteiger charge is -2.39. The minimum atomic E-state index is -0.193. The van der Waals surface area contributed by atoms with Crippen LogP contribution in [0.15, 0.2) is 0 Å². The summed E-state index contributed by atoms with van der Waals surface area (Å²) in [6.07, 6.45) is 6.54. The molecular formula is C16H27N3O. The minimum absolute atomic E-state index is 0.0312.